The third-order valence-electron chi connectivity index (χ3n) is 1.60. The second-order valence-electron chi connectivity index (χ2n) is 4.37. The van der Waals surface area contributed by atoms with E-state index in [0.29, 0.717) is 6.42 Å². The van der Waals surface area contributed by atoms with Crippen molar-refractivity contribution in [2.45, 2.75) is 46.1 Å². The smallest absolute Gasteiger partial charge is 0.309 e. The van der Waals surface area contributed by atoms with Crippen LogP contribution >= 0.6 is 0 Å². The molecular weight excluding hydrogens is 184 g/mol. The lowest BCUT2D eigenvalue weighted by molar-refractivity contribution is -0.159. The third-order valence-corrected chi connectivity index (χ3v) is 1.60. The van der Waals surface area contributed by atoms with E-state index in [-0.39, 0.29) is 18.3 Å². The Balaban J connectivity index is 3.94. The number of hydrogen-bond acceptors (Lipinski definition) is 3. The molecule has 4 heteroatoms. The van der Waals surface area contributed by atoms with Gasteiger partial charge in [-0.3, -0.25) is 9.59 Å². The predicted octanol–water partition coefficient (Wildman–Crippen LogP) is 1.83. The average molecular weight is 202 g/mol. The van der Waals surface area contributed by atoms with Crippen LogP contribution in [0.1, 0.15) is 40.5 Å². The summed E-state index contributed by atoms with van der Waals surface area (Å²) in [7, 11) is 0. The van der Waals surface area contributed by atoms with E-state index in [2.05, 4.69) is 0 Å². The molecule has 1 N–H and O–H groups in total. The first-order chi connectivity index (χ1) is 6.22. The minimum atomic E-state index is -0.889. The fourth-order valence-corrected chi connectivity index (χ4v) is 0.860. The summed E-state index contributed by atoms with van der Waals surface area (Å²) in [6.07, 6.45) is 0.324. The molecule has 0 radical (unpaired) electrons. The minimum absolute atomic E-state index is 0.000406. The van der Waals surface area contributed by atoms with Crippen LogP contribution < -0.4 is 0 Å². The summed E-state index contributed by atoms with van der Waals surface area (Å²) in [6.45, 7) is 7.04. The highest BCUT2D eigenvalue weighted by Crippen LogP contribution is 2.14. The van der Waals surface area contributed by atoms with Crippen LogP contribution in [-0.4, -0.2) is 22.6 Å². The van der Waals surface area contributed by atoms with Crippen molar-refractivity contribution in [3.8, 4) is 0 Å². The minimum Gasteiger partial charge on any atom is -0.481 e. The van der Waals surface area contributed by atoms with Crippen molar-refractivity contribution in [1.82, 2.24) is 0 Å². The van der Waals surface area contributed by atoms with Crippen LogP contribution in [0.2, 0.25) is 0 Å². The molecular formula is C10H18O4. The molecule has 82 valence electrons. The van der Waals surface area contributed by atoms with Crippen LogP contribution in [0.4, 0.5) is 0 Å². The fraction of sp³-hybridized carbons (Fsp3) is 0.800. The Labute approximate surface area is 84.3 Å². The molecule has 0 heterocycles. The number of hydrogen-bond donors (Lipinski definition) is 1. The van der Waals surface area contributed by atoms with Gasteiger partial charge in [-0.15, -0.1) is 0 Å². The maximum absolute atomic E-state index is 11.4. The Morgan fingerprint density at radius 2 is 1.86 bits per heavy atom. The second-order valence-corrected chi connectivity index (χ2v) is 4.37. The first kappa shape index (κ1) is 12.9. The van der Waals surface area contributed by atoms with Gasteiger partial charge in [0.15, 0.2) is 0 Å². The van der Waals surface area contributed by atoms with Gasteiger partial charge in [0.1, 0.15) is 5.60 Å². The summed E-state index contributed by atoms with van der Waals surface area (Å²) in [5.41, 5.74) is -0.505. The lowest BCUT2D eigenvalue weighted by atomic mass is 10.1. The number of carbonyl (C=O) groups is 2. The summed E-state index contributed by atoms with van der Waals surface area (Å²) in [5, 5.41) is 8.42. The summed E-state index contributed by atoms with van der Waals surface area (Å²) in [4.78, 5) is 21.6. The molecule has 0 aliphatic carbocycles. The van der Waals surface area contributed by atoms with Crippen LogP contribution in [0.25, 0.3) is 0 Å². The van der Waals surface area contributed by atoms with Gasteiger partial charge in [0.2, 0.25) is 0 Å². The Bertz CT molecular complexity index is 215. The molecule has 0 saturated carbocycles. The van der Waals surface area contributed by atoms with Crippen molar-refractivity contribution in [2.75, 3.05) is 0 Å². The van der Waals surface area contributed by atoms with Gasteiger partial charge in [-0.05, 0) is 27.2 Å². The first-order valence-electron chi connectivity index (χ1n) is 4.67. The van der Waals surface area contributed by atoms with Crippen molar-refractivity contribution >= 4 is 11.9 Å². The van der Waals surface area contributed by atoms with E-state index in [1.807, 2.05) is 0 Å². The van der Waals surface area contributed by atoms with Gasteiger partial charge in [0.05, 0.1) is 5.92 Å². The van der Waals surface area contributed by atoms with Crippen molar-refractivity contribution < 1.29 is 19.4 Å². The fourth-order valence-electron chi connectivity index (χ4n) is 0.860. The highest BCUT2D eigenvalue weighted by atomic mass is 16.6. The largest absolute Gasteiger partial charge is 0.481 e. The van der Waals surface area contributed by atoms with Crippen molar-refractivity contribution in [2.24, 2.45) is 5.92 Å². The molecule has 0 aromatic carbocycles. The molecule has 0 saturated heterocycles. The topological polar surface area (TPSA) is 63.6 Å². The molecule has 0 aliphatic rings. The Hall–Kier alpha value is -1.06. The van der Waals surface area contributed by atoms with E-state index < -0.39 is 11.6 Å². The van der Waals surface area contributed by atoms with E-state index in [1.165, 1.54) is 0 Å². The number of carbonyl (C=O) groups excluding carboxylic acids is 1. The summed E-state index contributed by atoms with van der Waals surface area (Å²) in [5.74, 6) is -1.58. The van der Waals surface area contributed by atoms with E-state index in [0.717, 1.165) is 0 Å². The predicted molar refractivity (Wildman–Crippen MR) is 51.9 cm³/mol. The van der Waals surface area contributed by atoms with Crippen LogP contribution in [0.5, 0.6) is 0 Å². The van der Waals surface area contributed by atoms with Gasteiger partial charge >= 0.3 is 11.9 Å². The zero-order valence-corrected chi connectivity index (χ0v) is 9.16. The molecule has 0 bridgehead atoms. The quantitative estimate of drug-likeness (QED) is 0.706. The molecule has 0 unspecified atom stereocenters. The molecule has 4 nitrogen and oxygen atoms in total. The molecule has 0 spiro atoms. The molecule has 1 atom stereocenters. The molecule has 0 aliphatic heterocycles. The normalized spacial score (nSPS) is 13.4. The Morgan fingerprint density at radius 1 is 1.36 bits per heavy atom. The standard InChI is InChI=1S/C10H18O4/c1-7(5-6-8(11)12)9(13)14-10(2,3)4/h7H,5-6H2,1-4H3,(H,11,12)/t7-/m1/s1. The SMILES string of the molecule is C[C@H](CCC(=O)O)C(=O)OC(C)(C)C. The molecule has 0 aromatic rings. The molecule has 14 heavy (non-hydrogen) atoms. The lowest BCUT2D eigenvalue weighted by Gasteiger charge is -2.21. The number of ether oxygens (including phenoxy) is 1. The van der Waals surface area contributed by atoms with E-state index >= 15 is 0 Å². The van der Waals surface area contributed by atoms with Gasteiger partial charge < -0.3 is 9.84 Å². The van der Waals surface area contributed by atoms with Gasteiger partial charge in [0.25, 0.3) is 0 Å². The lowest BCUT2D eigenvalue weighted by Crippen LogP contribution is -2.27. The number of rotatable bonds is 4. The molecule has 0 aromatic heterocycles. The molecule has 0 rings (SSSR count). The number of esters is 1. The van der Waals surface area contributed by atoms with Crippen LogP contribution in [-0.2, 0) is 14.3 Å². The maximum atomic E-state index is 11.4. The number of aliphatic carboxylic acids is 1. The zero-order valence-electron chi connectivity index (χ0n) is 9.16. The number of carboxylic acids is 1. The van der Waals surface area contributed by atoms with E-state index in [4.69, 9.17) is 9.84 Å². The molecule has 0 fully saturated rings. The van der Waals surface area contributed by atoms with Crippen LogP contribution in [0.3, 0.4) is 0 Å². The first-order valence-corrected chi connectivity index (χ1v) is 4.67. The Kier molecular flexibility index (Phi) is 4.60. The third kappa shape index (κ3) is 6.46. The van der Waals surface area contributed by atoms with Gasteiger partial charge in [-0.1, -0.05) is 6.92 Å². The highest BCUT2D eigenvalue weighted by molar-refractivity contribution is 5.73. The van der Waals surface area contributed by atoms with Crippen molar-refractivity contribution in [1.29, 1.82) is 0 Å². The van der Waals surface area contributed by atoms with Crippen LogP contribution in [0, 0.1) is 5.92 Å². The van der Waals surface area contributed by atoms with Crippen molar-refractivity contribution in [3.63, 3.8) is 0 Å². The highest BCUT2D eigenvalue weighted by Gasteiger charge is 2.21. The molecule has 0 amide bonds. The maximum Gasteiger partial charge on any atom is 0.309 e. The monoisotopic (exact) mass is 202 g/mol. The summed E-state index contributed by atoms with van der Waals surface area (Å²) < 4.78 is 5.10. The van der Waals surface area contributed by atoms with Crippen LogP contribution in [0.15, 0.2) is 0 Å². The average Bonchev–Trinajstić information content (AvgIpc) is 1.96. The summed E-state index contributed by atoms with van der Waals surface area (Å²) >= 11 is 0. The zero-order chi connectivity index (χ0) is 11.4. The van der Waals surface area contributed by atoms with Gasteiger partial charge in [-0.25, -0.2) is 0 Å². The van der Waals surface area contributed by atoms with Gasteiger partial charge in [0, 0.05) is 6.42 Å². The van der Waals surface area contributed by atoms with Gasteiger partial charge in [-0.2, -0.15) is 0 Å². The Morgan fingerprint density at radius 3 is 2.21 bits per heavy atom. The number of carboxylic acid groups (broad SMARTS) is 1. The second kappa shape index (κ2) is 4.98. The summed E-state index contributed by atoms with van der Waals surface area (Å²) in [6, 6.07) is 0. The van der Waals surface area contributed by atoms with Crippen molar-refractivity contribution in [3.05, 3.63) is 0 Å². The van der Waals surface area contributed by atoms with E-state index in [1.54, 1.807) is 27.7 Å². The van der Waals surface area contributed by atoms with E-state index in [9.17, 15) is 9.59 Å².